The maximum atomic E-state index is 9.98. The fraction of sp³-hybridized carbons (Fsp3) is 0.294. The van der Waals surface area contributed by atoms with Crippen LogP contribution in [0.3, 0.4) is 0 Å². The number of aryl methyl sites for hydroxylation is 2. The number of hydrogen-bond acceptors (Lipinski definition) is 3. The molecule has 0 saturated carbocycles. The Bertz CT molecular complexity index is 777. The molecule has 0 fully saturated rings. The van der Waals surface area contributed by atoms with Crippen LogP contribution < -0.4 is 0 Å². The molecule has 1 aromatic heterocycles. The smallest absolute Gasteiger partial charge is 0.143 e. The molecule has 0 bridgehead atoms. The Labute approximate surface area is 124 Å². The summed E-state index contributed by atoms with van der Waals surface area (Å²) in [6.45, 7) is 4.17. The molecular formula is C17H19N3O. The van der Waals surface area contributed by atoms with E-state index >= 15 is 0 Å². The van der Waals surface area contributed by atoms with Gasteiger partial charge in [0.2, 0.25) is 0 Å². The van der Waals surface area contributed by atoms with E-state index in [1.165, 1.54) is 23.2 Å². The van der Waals surface area contributed by atoms with E-state index < -0.39 is 0 Å². The average molecular weight is 281 g/mol. The van der Waals surface area contributed by atoms with Crippen molar-refractivity contribution in [3.8, 4) is 11.4 Å². The summed E-state index contributed by atoms with van der Waals surface area (Å²) in [5.41, 5.74) is 4.67. The lowest BCUT2D eigenvalue weighted by Crippen LogP contribution is -1.99. The van der Waals surface area contributed by atoms with Crippen molar-refractivity contribution in [1.29, 1.82) is 0 Å². The highest BCUT2D eigenvalue weighted by atomic mass is 16.3. The number of phenolic OH excluding ortho intramolecular Hbond substituents is 1. The quantitative estimate of drug-likeness (QED) is 0.791. The van der Waals surface area contributed by atoms with Crippen molar-refractivity contribution < 1.29 is 5.11 Å². The molecule has 4 nitrogen and oxygen atoms in total. The van der Waals surface area contributed by atoms with E-state index in [2.05, 4.69) is 29.3 Å². The van der Waals surface area contributed by atoms with Gasteiger partial charge in [0.15, 0.2) is 0 Å². The van der Waals surface area contributed by atoms with Gasteiger partial charge >= 0.3 is 0 Å². The molecule has 3 aromatic rings. The van der Waals surface area contributed by atoms with E-state index in [9.17, 15) is 5.11 Å². The van der Waals surface area contributed by atoms with Gasteiger partial charge in [0.05, 0.1) is 0 Å². The van der Waals surface area contributed by atoms with Gasteiger partial charge in [0.1, 0.15) is 22.5 Å². The van der Waals surface area contributed by atoms with Gasteiger partial charge in [-0.2, -0.15) is 0 Å². The van der Waals surface area contributed by atoms with E-state index in [0.717, 1.165) is 23.0 Å². The summed E-state index contributed by atoms with van der Waals surface area (Å²) >= 11 is 0. The number of fused-ring (bicyclic) bond motifs is 1. The number of aromatic hydroxyl groups is 1. The summed E-state index contributed by atoms with van der Waals surface area (Å²) < 4.78 is 0. The predicted molar refractivity (Wildman–Crippen MR) is 83.9 cm³/mol. The Balaban J connectivity index is 2.02. The zero-order valence-corrected chi connectivity index (χ0v) is 12.4. The topological polar surface area (TPSA) is 50.9 Å². The molecule has 3 rings (SSSR count). The van der Waals surface area contributed by atoms with Crippen molar-refractivity contribution in [2.75, 3.05) is 0 Å². The molecule has 0 aliphatic heterocycles. The molecule has 1 heterocycles. The number of nitrogens with zero attached hydrogens (tertiary/aromatic N) is 3. The van der Waals surface area contributed by atoms with Gasteiger partial charge in [0.25, 0.3) is 0 Å². The molecule has 0 atom stereocenters. The van der Waals surface area contributed by atoms with Crippen LogP contribution in [0.1, 0.15) is 30.9 Å². The Morgan fingerprint density at radius 1 is 1.05 bits per heavy atom. The number of unbranched alkanes of at least 4 members (excludes halogenated alkanes) is 1. The van der Waals surface area contributed by atoms with Crippen LogP contribution >= 0.6 is 0 Å². The number of phenols is 1. The number of benzene rings is 2. The lowest BCUT2D eigenvalue weighted by molar-refractivity contribution is 0.467. The first-order chi connectivity index (χ1) is 10.2. The zero-order valence-electron chi connectivity index (χ0n) is 12.4. The van der Waals surface area contributed by atoms with Gasteiger partial charge in [-0.05, 0) is 55.2 Å². The standard InChI is InChI=1S/C17H19N3O/c1-3-4-5-13-7-8-14-15(11-13)19-20(18-14)16-10-12(2)6-9-17(16)21/h6-11,21H,3-5H2,1-2H3. The highest BCUT2D eigenvalue weighted by Gasteiger charge is 2.09. The highest BCUT2D eigenvalue weighted by Crippen LogP contribution is 2.23. The average Bonchev–Trinajstić information content (AvgIpc) is 2.90. The third-order valence-electron chi connectivity index (χ3n) is 3.61. The Morgan fingerprint density at radius 3 is 2.67 bits per heavy atom. The van der Waals surface area contributed by atoms with Gasteiger partial charge in [-0.1, -0.05) is 25.5 Å². The van der Waals surface area contributed by atoms with E-state index in [0.29, 0.717) is 5.69 Å². The molecule has 0 amide bonds. The minimum absolute atomic E-state index is 0.187. The lowest BCUT2D eigenvalue weighted by Gasteiger charge is -2.03. The first kappa shape index (κ1) is 13.6. The summed E-state index contributed by atoms with van der Waals surface area (Å²) in [6, 6.07) is 11.6. The van der Waals surface area contributed by atoms with Crippen LogP contribution in [0.25, 0.3) is 16.7 Å². The molecule has 0 aliphatic rings. The second-order valence-electron chi connectivity index (χ2n) is 5.41. The molecule has 0 aliphatic carbocycles. The number of hydrogen-bond donors (Lipinski definition) is 1. The summed E-state index contributed by atoms with van der Waals surface area (Å²) in [7, 11) is 0. The molecule has 0 unspecified atom stereocenters. The van der Waals surface area contributed by atoms with Crippen molar-refractivity contribution in [3.63, 3.8) is 0 Å². The summed E-state index contributed by atoms with van der Waals surface area (Å²) in [4.78, 5) is 1.51. The van der Waals surface area contributed by atoms with E-state index in [4.69, 9.17) is 0 Å². The van der Waals surface area contributed by atoms with Gasteiger partial charge < -0.3 is 5.11 Å². The van der Waals surface area contributed by atoms with Crippen molar-refractivity contribution >= 4 is 11.0 Å². The van der Waals surface area contributed by atoms with Crippen LogP contribution in [-0.4, -0.2) is 20.1 Å². The Hall–Kier alpha value is -2.36. The molecular weight excluding hydrogens is 262 g/mol. The highest BCUT2D eigenvalue weighted by molar-refractivity contribution is 5.75. The summed E-state index contributed by atoms with van der Waals surface area (Å²) in [5, 5.41) is 18.9. The van der Waals surface area contributed by atoms with E-state index in [1.54, 1.807) is 6.07 Å². The Kier molecular flexibility index (Phi) is 3.60. The van der Waals surface area contributed by atoms with Crippen molar-refractivity contribution in [2.45, 2.75) is 33.1 Å². The second-order valence-corrected chi connectivity index (χ2v) is 5.41. The van der Waals surface area contributed by atoms with Crippen molar-refractivity contribution in [1.82, 2.24) is 15.0 Å². The fourth-order valence-corrected chi connectivity index (χ4v) is 2.40. The third kappa shape index (κ3) is 2.75. The molecule has 0 radical (unpaired) electrons. The summed E-state index contributed by atoms with van der Waals surface area (Å²) in [6.07, 6.45) is 3.43. The molecule has 21 heavy (non-hydrogen) atoms. The molecule has 0 spiro atoms. The third-order valence-corrected chi connectivity index (χ3v) is 3.61. The molecule has 1 N–H and O–H groups in total. The van der Waals surface area contributed by atoms with Crippen LogP contribution in [0, 0.1) is 6.92 Å². The first-order valence-corrected chi connectivity index (χ1v) is 7.33. The largest absolute Gasteiger partial charge is 0.506 e. The van der Waals surface area contributed by atoms with Crippen molar-refractivity contribution in [2.24, 2.45) is 0 Å². The maximum Gasteiger partial charge on any atom is 0.143 e. The molecule has 108 valence electrons. The minimum atomic E-state index is 0.187. The van der Waals surface area contributed by atoms with Crippen LogP contribution in [0.5, 0.6) is 5.75 Å². The molecule has 0 saturated heterocycles. The van der Waals surface area contributed by atoms with E-state index in [1.807, 2.05) is 25.1 Å². The normalized spacial score (nSPS) is 11.1. The number of aromatic nitrogens is 3. The Morgan fingerprint density at radius 2 is 1.86 bits per heavy atom. The second kappa shape index (κ2) is 5.56. The molecule has 4 heteroatoms. The zero-order chi connectivity index (χ0) is 14.8. The van der Waals surface area contributed by atoms with Crippen LogP contribution in [-0.2, 0) is 6.42 Å². The number of rotatable bonds is 4. The maximum absolute atomic E-state index is 9.98. The predicted octanol–water partition coefficient (Wildman–Crippen LogP) is 3.78. The van der Waals surface area contributed by atoms with Gasteiger partial charge in [-0.3, -0.25) is 0 Å². The minimum Gasteiger partial charge on any atom is -0.506 e. The fourth-order valence-electron chi connectivity index (χ4n) is 2.40. The molecule has 2 aromatic carbocycles. The van der Waals surface area contributed by atoms with Gasteiger partial charge in [-0.15, -0.1) is 15.0 Å². The van der Waals surface area contributed by atoms with Crippen LogP contribution in [0.15, 0.2) is 36.4 Å². The van der Waals surface area contributed by atoms with Crippen molar-refractivity contribution in [3.05, 3.63) is 47.5 Å². The van der Waals surface area contributed by atoms with Crippen LogP contribution in [0.2, 0.25) is 0 Å². The van der Waals surface area contributed by atoms with Gasteiger partial charge in [-0.25, -0.2) is 0 Å². The monoisotopic (exact) mass is 281 g/mol. The lowest BCUT2D eigenvalue weighted by atomic mass is 10.1. The van der Waals surface area contributed by atoms with Gasteiger partial charge in [0, 0.05) is 0 Å². The first-order valence-electron chi connectivity index (χ1n) is 7.33. The van der Waals surface area contributed by atoms with E-state index in [-0.39, 0.29) is 5.75 Å². The van der Waals surface area contributed by atoms with Crippen LogP contribution in [0.4, 0.5) is 0 Å². The summed E-state index contributed by atoms with van der Waals surface area (Å²) in [5.74, 6) is 0.187. The SMILES string of the molecule is CCCCc1ccc2nn(-c3cc(C)ccc3O)nc2c1.